The zero-order chi connectivity index (χ0) is 17.3. The first-order valence-electron chi connectivity index (χ1n) is 8.61. The number of hydrogen-bond acceptors (Lipinski definition) is 3. The lowest BCUT2D eigenvalue weighted by atomic mass is 9.63. The highest BCUT2D eigenvalue weighted by Crippen LogP contribution is 2.49. The third kappa shape index (κ3) is 4.07. The fourth-order valence-electron chi connectivity index (χ4n) is 3.18. The van der Waals surface area contributed by atoms with E-state index < -0.39 is 8.60 Å². The largest absolute Gasteiger partial charge is 0.426 e. The summed E-state index contributed by atoms with van der Waals surface area (Å²) in [6.45, 7) is 16.6. The summed E-state index contributed by atoms with van der Waals surface area (Å²) in [5.41, 5.74) is 4.41. The van der Waals surface area contributed by atoms with Crippen molar-refractivity contribution in [2.45, 2.75) is 72.1 Å². The molecule has 0 aromatic heterocycles. The molecule has 0 N–H and O–H groups in total. The van der Waals surface area contributed by atoms with Crippen LogP contribution in [0.3, 0.4) is 0 Å². The van der Waals surface area contributed by atoms with Crippen molar-refractivity contribution in [3.05, 3.63) is 28.8 Å². The standard InChI is InChI=1S/C19H31O3P/c1-8-20-23(21-9-2)22-17-13-16-15(12-14(17)3)18(4,5)10-11-19(16,6)7/h12-13H,8-11H2,1-7H3. The smallest absolute Gasteiger partial charge is 0.397 e. The summed E-state index contributed by atoms with van der Waals surface area (Å²) in [5, 5.41) is 0. The number of fused-ring (bicyclic) bond motifs is 1. The zero-order valence-electron chi connectivity index (χ0n) is 15.7. The second-order valence-electron chi connectivity index (χ2n) is 7.58. The van der Waals surface area contributed by atoms with Crippen LogP contribution in [0.1, 0.15) is 71.1 Å². The van der Waals surface area contributed by atoms with Crippen LogP contribution in [0.2, 0.25) is 0 Å². The van der Waals surface area contributed by atoms with E-state index in [-0.39, 0.29) is 10.8 Å². The average molecular weight is 338 g/mol. The minimum Gasteiger partial charge on any atom is -0.426 e. The third-order valence-corrected chi connectivity index (χ3v) is 6.07. The molecule has 0 amide bonds. The van der Waals surface area contributed by atoms with Crippen LogP contribution >= 0.6 is 8.60 Å². The Kier molecular flexibility index (Phi) is 5.76. The Balaban J connectivity index is 2.40. The number of rotatable bonds is 6. The van der Waals surface area contributed by atoms with Gasteiger partial charge in [-0.05, 0) is 67.2 Å². The molecule has 0 saturated heterocycles. The van der Waals surface area contributed by atoms with Crippen molar-refractivity contribution in [2.75, 3.05) is 13.2 Å². The average Bonchev–Trinajstić information content (AvgIpc) is 2.46. The van der Waals surface area contributed by atoms with Gasteiger partial charge < -0.3 is 13.6 Å². The summed E-state index contributed by atoms with van der Waals surface area (Å²) >= 11 is 0. The molecule has 0 bridgehead atoms. The van der Waals surface area contributed by atoms with Crippen LogP contribution in [0, 0.1) is 6.92 Å². The van der Waals surface area contributed by atoms with E-state index in [1.807, 2.05) is 13.8 Å². The van der Waals surface area contributed by atoms with Gasteiger partial charge in [-0.15, -0.1) is 0 Å². The van der Waals surface area contributed by atoms with Crippen LogP contribution in [-0.2, 0) is 19.9 Å². The Hall–Kier alpha value is -0.630. The first-order valence-corrected chi connectivity index (χ1v) is 9.70. The minimum absolute atomic E-state index is 0.177. The van der Waals surface area contributed by atoms with Crippen LogP contribution in [0.25, 0.3) is 0 Å². The monoisotopic (exact) mass is 338 g/mol. The quantitative estimate of drug-likeness (QED) is 0.593. The molecule has 4 heteroatoms. The summed E-state index contributed by atoms with van der Waals surface area (Å²) in [5.74, 6) is 0.891. The lowest BCUT2D eigenvalue weighted by Gasteiger charge is -2.42. The predicted molar refractivity (Wildman–Crippen MR) is 97.3 cm³/mol. The highest BCUT2D eigenvalue weighted by molar-refractivity contribution is 7.42. The van der Waals surface area contributed by atoms with Gasteiger partial charge >= 0.3 is 8.60 Å². The third-order valence-electron chi connectivity index (χ3n) is 4.79. The Morgan fingerprint density at radius 3 is 1.87 bits per heavy atom. The maximum atomic E-state index is 6.07. The molecular formula is C19H31O3P. The van der Waals surface area contributed by atoms with Crippen molar-refractivity contribution >= 4 is 8.60 Å². The summed E-state index contributed by atoms with van der Waals surface area (Å²) in [7, 11) is -1.32. The normalized spacial score (nSPS) is 18.8. The molecule has 0 saturated carbocycles. The van der Waals surface area contributed by atoms with Crippen LogP contribution < -0.4 is 4.52 Å². The van der Waals surface area contributed by atoms with Gasteiger partial charge in [-0.25, -0.2) is 0 Å². The Morgan fingerprint density at radius 1 is 0.913 bits per heavy atom. The van der Waals surface area contributed by atoms with E-state index in [4.69, 9.17) is 13.6 Å². The number of hydrogen-bond donors (Lipinski definition) is 0. The molecule has 0 unspecified atom stereocenters. The van der Waals surface area contributed by atoms with Crippen LogP contribution in [0.15, 0.2) is 12.1 Å². The van der Waals surface area contributed by atoms with Crippen molar-refractivity contribution in [1.29, 1.82) is 0 Å². The maximum absolute atomic E-state index is 6.07. The number of benzene rings is 1. The van der Waals surface area contributed by atoms with E-state index in [9.17, 15) is 0 Å². The van der Waals surface area contributed by atoms with Gasteiger partial charge in [0.1, 0.15) is 5.75 Å². The molecule has 2 rings (SSSR count). The zero-order valence-corrected chi connectivity index (χ0v) is 16.5. The van der Waals surface area contributed by atoms with Crippen LogP contribution in [0.5, 0.6) is 5.75 Å². The molecule has 0 fully saturated rings. The van der Waals surface area contributed by atoms with Crippen LogP contribution in [0.4, 0.5) is 0 Å². The maximum Gasteiger partial charge on any atom is 0.397 e. The Labute approximate surface area is 142 Å². The van der Waals surface area contributed by atoms with Gasteiger partial charge in [0.05, 0.1) is 13.2 Å². The number of aryl methyl sites for hydroxylation is 1. The first-order chi connectivity index (χ1) is 10.7. The molecule has 1 aromatic carbocycles. The van der Waals surface area contributed by atoms with Gasteiger partial charge in [-0.2, -0.15) is 0 Å². The summed E-state index contributed by atoms with van der Waals surface area (Å²) < 4.78 is 17.3. The molecular weight excluding hydrogens is 307 g/mol. The van der Waals surface area contributed by atoms with Crippen molar-refractivity contribution in [1.82, 2.24) is 0 Å². The SMILES string of the molecule is CCOP(OCC)Oc1cc2c(cc1C)C(C)(C)CCC2(C)C. The highest BCUT2D eigenvalue weighted by Gasteiger charge is 2.37. The molecule has 0 aliphatic heterocycles. The Morgan fingerprint density at radius 2 is 1.39 bits per heavy atom. The Bertz CT molecular complexity index is 546. The van der Waals surface area contributed by atoms with Gasteiger partial charge in [-0.3, -0.25) is 0 Å². The molecule has 0 radical (unpaired) electrons. The fourth-order valence-corrected chi connectivity index (χ4v) is 4.14. The van der Waals surface area contributed by atoms with Crippen molar-refractivity contribution in [3.8, 4) is 5.75 Å². The van der Waals surface area contributed by atoms with Crippen LogP contribution in [-0.4, -0.2) is 13.2 Å². The van der Waals surface area contributed by atoms with E-state index >= 15 is 0 Å². The highest BCUT2D eigenvalue weighted by atomic mass is 31.2. The van der Waals surface area contributed by atoms with E-state index in [1.54, 1.807) is 0 Å². The van der Waals surface area contributed by atoms with Gasteiger partial charge in [0.2, 0.25) is 0 Å². The summed E-state index contributed by atoms with van der Waals surface area (Å²) in [6.07, 6.45) is 2.42. The topological polar surface area (TPSA) is 27.7 Å². The predicted octanol–water partition coefficient (Wildman–Crippen LogP) is 6.02. The van der Waals surface area contributed by atoms with Crippen molar-refractivity contribution < 1.29 is 13.6 Å². The minimum atomic E-state index is -1.32. The summed E-state index contributed by atoms with van der Waals surface area (Å²) in [4.78, 5) is 0. The molecule has 0 atom stereocenters. The molecule has 1 aliphatic rings. The molecule has 1 aromatic rings. The lowest BCUT2D eigenvalue weighted by molar-refractivity contribution is 0.220. The first kappa shape index (κ1) is 18.7. The van der Waals surface area contributed by atoms with E-state index in [0.717, 1.165) is 11.3 Å². The molecule has 0 heterocycles. The molecule has 0 spiro atoms. The van der Waals surface area contributed by atoms with Crippen molar-refractivity contribution in [2.24, 2.45) is 0 Å². The molecule has 130 valence electrons. The molecule has 3 nitrogen and oxygen atoms in total. The van der Waals surface area contributed by atoms with Gasteiger partial charge in [0.25, 0.3) is 0 Å². The lowest BCUT2D eigenvalue weighted by Crippen LogP contribution is -2.33. The van der Waals surface area contributed by atoms with E-state index in [0.29, 0.717) is 13.2 Å². The second kappa shape index (κ2) is 7.09. The van der Waals surface area contributed by atoms with E-state index in [1.165, 1.54) is 24.0 Å². The second-order valence-corrected chi connectivity index (χ2v) is 8.73. The van der Waals surface area contributed by atoms with Gasteiger partial charge in [0.15, 0.2) is 0 Å². The fraction of sp³-hybridized carbons (Fsp3) is 0.684. The summed E-state index contributed by atoms with van der Waals surface area (Å²) in [6, 6.07) is 4.52. The van der Waals surface area contributed by atoms with Crippen molar-refractivity contribution in [3.63, 3.8) is 0 Å². The van der Waals surface area contributed by atoms with E-state index in [2.05, 4.69) is 46.8 Å². The molecule has 23 heavy (non-hydrogen) atoms. The molecule has 1 aliphatic carbocycles. The van der Waals surface area contributed by atoms with Gasteiger partial charge in [-0.1, -0.05) is 33.8 Å². The van der Waals surface area contributed by atoms with Gasteiger partial charge in [0, 0.05) is 0 Å².